The fourth-order valence-electron chi connectivity index (χ4n) is 4.62. The normalized spacial score (nSPS) is 15.9. The molecule has 0 saturated carbocycles. The number of aryl methyl sites for hydroxylation is 2. The average molecular weight is 435 g/mol. The number of aromatic nitrogens is 4. The number of methoxy groups -OCH3 is 1. The molecule has 0 aliphatic carbocycles. The lowest BCUT2D eigenvalue weighted by Gasteiger charge is -2.41. The monoisotopic (exact) mass is 434 g/mol. The standard InChI is InChI=1S/C25H34N6O/c1-18(2)24(25-26-27-28-31(25)17-21-8-10-22(32-5)11-9-21)30-14-12-29(13-15-30)23-16-19(3)6-7-20(23)4/h6-11,16,18,24H,12-15,17H2,1-5H3/t24-/m0/s1. The van der Waals surface area contributed by atoms with Crippen molar-refractivity contribution in [3.63, 3.8) is 0 Å². The van der Waals surface area contributed by atoms with Crippen molar-refractivity contribution >= 4 is 5.69 Å². The van der Waals surface area contributed by atoms with Gasteiger partial charge in [0.15, 0.2) is 5.82 Å². The van der Waals surface area contributed by atoms with Gasteiger partial charge in [-0.05, 0) is 65.1 Å². The number of nitrogens with zero attached hydrogens (tertiary/aromatic N) is 6. The maximum Gasteiger partial charge on any atom is 0.169 e. The van der Waals surface area contributed by atoms with Crippen molar-refractivity contribution in [2.45, 2.75) is 40.3 Å². The Morgan fingerprint density at radius 1 is 0.969 bits per heavy atom. The second-order valence-corrected chi connectivity index (χ2v) is 9.04. The molecule has 0 spiro atoms. The van der Waals surface area contributed by atoms with Gasteiger partial charge in [0, 0.05) is 31.9 Å². The van der Waals surface area contributed by atoms with Crippen LogP contribution < -0.4 is 9.64 Å². The maximum absolute atomic E-state index is 5.27. The summed E-state index contributed by atoms with van der Waals surface area (Å²) in [5, 5.41) is 12.8. The molecule has 0 amide bonds. The van der Waals surface area contributed by atoms with Crippen LogP contribution in [0.1, 0.15) is 42.4 Å². The van der Waals surface area contributed by atoms with E-state index in [1.54, 1.807) is 7.11 Å². The number of ether oxygens (including phenoxy) is 1. The van der Waals surface area contributed by atoms with Crippen molar-refractivity contribution in [2.75, 3.05) is 38.2 Å². The molecule has 3 aromatic rings. The maximum atomic E-state index is 5.27. The third-order valence-corrected chi connectivity index (χ3v) is 6.36. The van der Waals surface area contributed by atoms with Gasteiger partial charge in [-0.15, -0.1) is 5.10 Å². The van der Waals surface area contributed by atoms with Gasteiger partial charge in [0.05, 0.1) is 19.7 Å². The lowest BCUT2D eigenvalue weighted by Crippen LogP contribution is -2.49. The lowest BCUT2D eigenvalue weighted by molar-refractivity contribution is 0.135. The second-order valence-electron chi connectivity index (χ2n) is 9.04. The number of tetrazole rings is 1. The number of hydrogen-bond acceptors (Lipinski definition) is 6. The molecule has 0 N–H and O–H groups in total. The summed E-state index contributed by atoms with van der Waals surface area (Å²) in [6.07, 6.45) is 0. The number of benzene rings is 2. The first-order valence-electron chi connectivity index (χ1n) is 11.4. The summed E-state index contributed by atoms with van der Waals surface area (Å²) in [6.45, 7) is 13.5. The Bertz CT molecular complexity index is 1020. The predicted molar refractivity (Wildman–Crippen MR) is 127 cm³/mol. The number of rotatable bonds is 7. The molecule has 2 heterocycles. The molecule has 0 unspecified atom stereocenters. The van der Waals surface area contributed by atoms with Gasteiger partial charge in [-0.25, -0.2) is 4.68 Å². The third-order valence-electron chi connectivity index (χ3n) is 6.36. The fourth-order valence-corrected chi connectivity index (χ4v) is 4.62. The van der Waals surface area contributed by atoms with E-state index in [-0.39, 0.29) is 6.04 Å². The highest BCUT2D eigenvalue weighted by molar-refractivity contribution is 5.55. The van der Waals surface area contributed by atoms with E-state index in [2.05, 4.69) is 83.4 Å². The molecule has 1 aromatic heterocycles. The molecule has 1 aliphatic rings. The summed E-state index contributed by atoms with van der Waals surface area (Å²) in [6, 6.07) is 15.0. The van der Waals surface area contributed by atoms with Gasteiger partial charge in [-0.1, -0.05) is 38.1 Å². The van der Waals surface area contributed by atoms with Gasteiger partial charge in [-0.2, -0.15) is 0 Å². The highest BCUT2D eigenvalue weighted by atomic mass is 16.5. The molecule has 0 radical (unpaired) electrons. The summed E-state index contributed by atoms with van der Waals surface area (Å²) in [4.78, 5) is 5.05. The molecule has 1 aliphatic heterocycles. The Morgan fingerprint density at radius 3 is 2.34 bits per heavy atom. The van der Waals surface area contributed by atoms with Crippen LogP contribution in [0.25, 0.3) is 0 Å². The van der Waals surface area contributed by atoms with Gasteiger partial charge < -0.3 is 9.64 Å². The van der Waals surface area contributed by atoms with Crippen LogP contribution in [0.5, 0.6) is 5.75 Å². The highest BCUT2D eigenvalue weighted by Crippen LogP contribution is 2.30. The van der Waals surface area contributed by atoms with E-state index < -0.39 is 0 Å². The molecule has 7 nitrogen and oxygen atoms in total. The Hall–Kier alpha value is -2.93. The molecular weight excluding hydrogens is 400 g/mol. The number of anilines is 1. The first kappa shape index (κ1) is 22.3. The Kier molecular flexibility index (Phi) is 6.74. The molecule has 1 saturated heterocycles. The van der Waals surface area contributed by atoms with E-state index >= 15 is 0 Å². The van der Waals surface area contributed by atoms with Crippen LogP contribution in [0.2, 0.25) is 0 Å². The second kappa shape index (κ2) is 9.69. The van der Waals surface area contributed by atoms with Gasteiger partial charge in [0.25, 0.3) is 0 Å². The van der Waals surface area contributed by atoms with Crippen molar-refractivity contribution in [1.29, 1.82) is 0 Å². The smallest absolute Gasteiger partial charge is 0.169 e. The van der Waals surface area contributed by atoms with E-state index in [9.17, 15) is 0 Å². The van der Waals surface area contributed by atoms with Crippen LogP contribution in [0.15, 0.2) is 42.5 Å². The van der Waals surface area contributed by atoms with Crippen LogP contribution >= 0.6 is 0 Å². The molecule has 4 rings (SSSR count). The lowest BCUT2D eigenvalue weighted by atomic mass is 10.00. The zero-order chi connectivity index (χ0) is 22.7. The molecule has 32 heavy (non-hydrogen) atoms. The average Bonchev–Trinajstić information content (AvgIpc) is 3.24. The van der Waals surface area contributed by atoms with Crippen molar-refractivity contribution < 1.29 is 4.74 Å². The van der Waals surface area contributed by atoms with Crippen molar-refractivity contribution in [1.82, 2.24) is 25.1 Å². The minimum atomic E-state index is 0.184. The molecular formula is C25H34N6O. The molecule has 0 bridgehead atoms. The Labute approximate surface area is 191 Å². The Balaban J connectivity index is 1.49. The Morgan fingerprint density at radius 2 is 1.69 bits per heavy atom. The van der Waals surface area contributed by atoms with E-state index in [0.717, 1.165) is 43.3 Å². The molecule has 170 valence electrons. The molecule has 7 heteroatoms. The van der Waals surface area contributed by atoms with Crippen LogP contribution in [-0.2, 0) is 6.54 Å². The largest absolute Gasteiger partial charge is 0.497 e. The molecule has 1 fully saturated rings. The van der Waals surface area contributed by atoms with Gasteiger partial charge in [-0.3, -0.25) is 4.90 Å². The summed E-state index contributed by atoms with van der Waals surface area (Å²) in [5.74, 6) is 2.20. The van der Waals surface area contributed by atoms with Crippen LogP contribution in [0.4, 0.5) is 5.69 Å². The zero-order valence-corrected chi connectivity index (χ0v) is 19.8. The van der Waals surface area contributed by atoms with E-state index in [4.69, 9.17) is 4.74 Å². The van der Waals surface area contributed by atoms with Crippen molar-refractivity contribution in [3.05, 3.63) is 65.0 Å². The SMILES string of the molecule is COc1ccc(Cn2nnnc2[C@H](C(C)C)N2CCN(c3cc(C)ccc3C)CC2)cc1. The van der Waals surface area contributed by atoms with Crippen molar-refractivity contribution in [3.8, 4) is 5.75 Å². The third kappa shape index (κ3) is 4.78. The summed E-state index contributed by atoms with van der Waals surface area (Å²) < 4.78 is 7.22. The highest BCUT2D eigenvalue weighted by Gasteiger charge is 2.31. The zero-order valence-electron chi connectivity index (χ0n) is 19.8. The predicted octanol–water partition coefficient (Wildman–Crippen LogP) is 3.87. The fraction of sp³-hybridized carbons (Fsp3) is 0.480. The number of hydrogen-bond donors (Lipinski definition) is 0. The van der Waals surface area contributed by atoms with E-state index in [1.165, 1.54) is 16.8 Å². The van der Waals surface area contributed by atoms with Gasteiger partial charge in [0.1, 0.15) is 5.75 Å². The van der Waals surface area contributed by atoms with Gasteiger partial charge in [0.2, 0.25) is 0 Å². The van der Waals surface area contributed by atoms with E-state index in [1.807, 2.05) is 16.8 Å². The van der Waals surface area contributed by atoms with Crippen molar-refractivity contribution in [2.24, 2.45) is 5.92 Å². The summed E-state index contributed by atoms with van der Waals surface area (Å²) in [7, 11) is 1.68. The van der Waals surface area contributed by atoms with E-state index in [0.29, 0.717) is 12.5 Å². The number of piperazine rings is 1. The summed E-state index contributed by atoms with van der Waals surface area (Å²) in [5.41, 5.74) is 5.16. The first-order chi connectivity index (χ1) is 15.5. The van der Waals surface area contributed by atoms with Gasteiger partial charge >= 0.3 is 0 Å². The minimum absolute atomic E-state index is 0.184. The first-order valence-corrected chi connectivity index (χ1v) is 11.4. The summed E-state index contributed by atoms with van der Waals surface area (Å²) >= 11 is 0. The van der Waals surface area contributed by atoms with Crippen LogP contribution in [-0.4, -0.2) is 58.4 Å². The molecule has 1 atom stereocenters. The van der Waals surface area contributed by atoms with Crippen LogP contribution in [0, 0.1) is 19.8 Å². The minimum Gasteiger partial charge on any atom is -0.497 e. The topological polar surface area (TPSA) is 59.3 Å². The van der Waals surface area contributed by atoms with Crippen LogP contribution in [0.3, 0.4) is 0 Å². The quantitative estimate of drug-likeness (QED) is 0.563. The molecule has 2 aromatic carbocycles.